The summed E-state index contributed by atoms with van der Waals surface area (Å²) < 4.78 is 11.7. The van der Waals surface area contributed by atoms with Crippen molar-refractivity contribution >= 4 is 0 Å². The standard InChI is InChI=1S/C17H19NO.C16H18N2O/c1-18-12-17-16-9-5-8-14(15(16)10-11-19-17)13-6-3-2-4-7-13;1-17-11-16-14-6-4-5-13(12(14)8-10-19-16)15-7-2-3-9-18-15/h2-9,17-18H,10-12H2,1H3;2-7,9,16-17H,8,10-11H2,1H3/t17-;16-/m10/s1. The zero-order valence-corrected chi connectivity index (χ0v) is 22.3. The van der Waals surface area contributed by atoms with Crippen molar-refractivity contribution in [3.63, 3.8) is 0 Å². The van der Waals surface area contributed by atoms with Crippen LogP contribution in [0.3, 0.4) is 0 Å². The maximum absolute atomic E-state index is 5.87. The van der Waals surface area contributed by atoms with E-state index in [2.05, 4.69) is 88.4 Å². The van der Waals surface area contributed by atoms with Gasteiger partial charge in [0.25, 0.3) is 0 Å². The summed E-state index contributed by atoms with van der Waals surface area (Å²) in [5, 5.41) is 6.41. The number of pyridine rings is 1. The van der Waals surface area contributed by atoms with Crippen molar-refractivity contribution in [2.24, 2.45) is 0 Å². The highest BCUT2D eigenvalue weighted by Crippen LogP contribution is 2.35. The summed E-state index contributed by atoms with van der Waals surface area (Å²) in [6, 6.07) is 29.6. The first-order chi connectivity index (χ1) is 18.8. The molecule has 5 heteroatoms. The number of ether oxygens (including phenoxy) is 2. The Morgan fingerprint density at radius 1 is 0.658 bits per heavy atom. The lowest BCUT2D eigenvalue weighted by Crippen LogP contribution is -2.25. The van der Waals surface area contributed by atoms with Crippen LogP contribution < -0.4 is 10.6 Å². The molecule has 2 atom stereocenters. The second kappa shape index (κ2) is 12.9. The first-order valence-electron chi connectivity index (χ1n) is 13.5. The molecule has 4 aromatic rings. The third-order valence-electron chi connectivity index (χ3n) is 7.27. The van der Waals surface area contributed by atoms with Gasteiger partial charge in [-0.25, -0.2) is 0 Å². The summed E-state index contributed by atoms with van der Waals surface area (Å²) in [5.41, 5.74) is 10.4. The van der Waals surface area contributed by atoms with E-state index in [1.165, 1.54) is 38.9 Å². The minimum Gasteiger partial charge on any atom is -0.372 e. The molecule has 38 heavy (non-hydrogen) atoms. The molecule has 5 nitrogen and oxygen atoms in total. The maximum Gasteiger partial charge on any atom is 0.0952 e. The fraction of sp³-hybridized carbons (Fsp3) is 0.303. The molecule has 1 aromatic heterocycles. The van der Waals surface area contributed by atoms with Crippen LogP contribution in [-0.4, -0.2) is 45.4 Å². The van der Waals surface area contributed by atoms with Crippen molar-refractivity contribution in [1.29, 1.82) is 0 Å². The van der Waals surface area contributed by atoms with E-state index in [1.807, 2.05) is 32.4 Å². The summed E-state index contributed by atoms with van der Waals surface area (Å²) in [7, 11) is 3.93. The molecule has 0 fully saturated rings. The van der Waals surface area contributed by atoms with Gasteiger partial charge >= 0.3 is 0 Å². The molecule has 2 aliphatic rings. The van der Waals surface area contributed by atoms with Gasteiger partial charge < -0.3 is 20.1 Å². The van der Waals surface area contributed by atoms with E-state index >= 15 is 0 Å². The lowest BCUT2D eigenvalue weighted by Gasteiger charge is -2.28. The van der Waals surface area contributed by atoms with Crippen molar-refractivity contribution in [2.75, 3.05) is 40.4 Å². The number of hydrogen-bond acceptors (Lipinski definition) is 5. The molecule has 0 unspecified atom stereocenters. The van der Waals surface area contributed by atoms with E-state index in [0.29, 0.717) is 0 Å². The van der Waals surface area contributed by atoms with E-state index in [-0.39, 0.29) is 12.2 Å². The Kier molecular flexibility index (Phi) is 8.94. The predicted octanol–water partition coefficient (Wildman–Crippen LogP) is 5.77. The first kappa shape index (κ1) is 26.3. The van der Waals surface area contributed by atoms with Gasteiger partial charge in [-0.2, -0.15) is 0 Å². The van der Waals surface area contributed by atoms with Gasteiger partial charge in [-0.3, -0.25) is 4.98 Å². The molecule has 6 rings (SSSR count). The Labute approximate surface area is 226 Å². The van der Waals surface area contributed by atoms with Crippen molar-refractivity contribution in [1.82, 2.24) is 15.6 Å². The minimum absolute atomic E-state index is 0.150. The third-order valence-corrected chi connectivity index (χ3v) is 7.27. The van der Waals surface area contributed by atoms with Crippen LogP contribution in [0, 0.1) is 0 Å². The average Bonchev–Trinajstić information content (AvgIpc) is 2.98. The number of likely N-dealkylation sites (N-methyl/N-ethyl adjacent to an activating group) is 2. The highest BCUT2D eigenvalue weighted by molar-refractivity contribution is 5.69. The molecule has 0 amide bonds. The van der Waals surface area contributed by atoms with E-state index in [9.17, 15) is 0 Å². The summed E-state index contributed by atoms with van der Waals surface area (Å²) in [4.78, 5) is 4.47. The van der Waals surface area contributed by atoms with Crippen LogP contribution in [0.1, 0.15) is 34.5 Å². The lowest BCUT2D eigenvalue weighted by atomic mass is 9.89. The van der Waals surface area contributed by atoms with Gasteiger partial charge in [0.15, 0.2) is 0 Å². The monoisotopic (exact) mass is 507 g/mol. The van der Waals surface area contributed by atoms with E-state index in [0.717, 1.165) is 44.8 Å². The summed E-state index contributed by atoms with van der Waals surface area (Å²) >= 11 is 0. The molecule has 0 spiro atoms. The predicted molar refractivity (Wildman–Crippen MR) is 154 cm³/mol. The van der Waals surface area contributed by atoms with Crippen LogP contribution in [0.25, 0.3) is 22.4 Å². The van der Waals surface area contributed by atoms with Gasteiger partial charge in [0.1, 0.15) is 0 Å². The summed E-state index contributed by atoms with van der Waals surface area (Å²) in [6.07, 6.45) is 4.14. The zero-order valence-electron chi connectivity index (χ0n) is 22.3. The largest absolute Gasteiger partial charge is 0.372 e. The molecule has 0 saturated carbocycles. The topological polar surface area (TPSA) is 55.4 Å². The number of hydrogen-bond donors (Lipinski definition) is 2. The van der Waals surface area contributed by atoms with Crippen LogP contribution in [0.4, 0.5) is 0 Å². The molecule has 2 aliphatic heterocycles. The summed E-state index contributed by atoms with van der Waals surface area (Å²) in [6.45, 7) is 3.30. The van der Waals surface area contributed by atoms with Crippen LogP contribution in [-0.2, 0) is 22.3 Å². The van der Waals surface area contributed by atoms with Crippen molar-refractivity contribution < 1.29 is 9.47 Å². The Hall–Kier alpha value is -3.35. The second-order valence-electron chi connectivity index (χ2n) is 9.66. The number of rotatable bonds is 6. The van der Waals surface area contributed by atoms with Crippen LogP contribution in [0.2, 0.25) is 0 Å². The number of nitrogens with one attached hydrogen (secondary N) is 2. The SMILES string of the molecule is CNC[C@@H]1OCCc2c(-c3ccccn3)cccc21.CNC[C@H]1OCCc2c(-c3ccccc3)cccc21. The second-order valence-corrected chi connectivity index (χ2v) is 9.66. The van der Waals surface area contributed by atoms with E-state index < -0.39 is 0 Å². The molecular weight excluding hydrogens is 470 g/mol. The Morgan fingerprint density at radius 3 is 1.82 bits per heavy atom. The molecule has 0 aliphatic carbocycles. The van der Waals surface area contributed by atoms with Crippen molar-refractivity contribution in [2.45, 2.75) is 25.0 Å². The minimum atomic E-state index is 0.150. The summed E-state index contributed by atoms with van der Waals surface area (Å²) in [5.74, 6) is 0. The zero-order chi connectivity index (χ0) is 26.2. The number of fused-ring (bicyclic) bond motifs is 2. The fourth-order valence-electron chi connectivity index (χ4n) is 5.52. The number of aromatic nitrogens is 1. The van der Waals surface area contributed by atoms with Gasteiger partial charge in [0, 0.05) is 24.8 Å². The highest BCUT2D eigenvalue weighted by atomic mass is 16.5. The van der Waals surface area contributed by atoms with Gasteiger partial charge in [-0.15, -0.1) is 0 Å². The van der Waals surface area contributed by atoms with E-state index in [1.54, 1.807) is 0 Å². The lowest BCUT2D eigenvalue weighted by molar-refractivity contribution is 0.0439. The Bertz CT molecular complexity index is 1210. The molecule has 0 radical (unpaired) electrons. The molecule has 0 saturated heterocycles. The van der Waals surface area contributed by atoms with Gasteiger partial charge in [-0.1, -0.05) is 72.8 Å². The molecule has 0 bridgehead atoms. The van der Waals surface area contributed by atoms with Gasteiger partial charge in [0.05, 0.1) is 31.1 Å². The third kappa shape index (κ3) is 5.87. The molecule has 3 aromatic carbocycles. The average molecular weight is 508 g/mol. The van der Waals surface area contributed by atoms with Crippen LogP contribution in [0.15, 0.2) is 91.1 Å². The Balaban J connectivity index is 0.000000155. The van der Waals surface area contributed by atoms with Crippen molar-refractivity contribution in [3.8, 4) is 22.4 Å². The Morgan fingerprint density at radius 2 is 1.24 bits per heavy atom. The quantitative estimate of drug-likeness (QED) is 0.347. The molecule has 2 N–H and O–H groups in total. The molecule has 196 valence electrons. The smallest absolute Gasteiger partial charge is 0.0952 e. The normalized spacial score (nSPS) is 18.1. The van der Waals surface area contributed by atoms with E-state index in [4.69, 9.17) is 9.47 Å². The molecule has 3 heterocycles. The molecular formula is C33H37N3O2. The van der Waals surface area contributed by atoms with Crippen molar-refractivity contribution in [3.05, 3.63) is 113 Å². The first-order valence-corrected chi connectivity index (χ1v) is 13.5. The van der Waals surface area contributed by atoms with Gasteiger partial charge in [0.2, 0.25) is 0 Å². The van der Waals surface area contributed by atoms with Crippen LogP contribution in [0.5, 0.6) is 0 Å². The van der Waals surface area contributed by atoms with Gasteiger partial charge in [-0.05, 0) is 72.5 Å². The fourth-order valence-corrected chi connectivity index (χ4v) is 5.52. The highest BCUT2D eigenvalue weighted by Gasteiger charge is 2.23. The maximum atomic E-state index is 5.87. The number of benzene rings is 3. The van der Waals surface area contributed by atoms with Crippen LogP contribution >= 0.6 is 0 Å². The number of nitrogens with zero attached hydrogens (tertiary/aromatic N) is 1.